The average Bonchev–Trinajstić information content (AvgIpc) is 2.16. The van der Waals surface area contributed by atoms with E-state index in [2.05, 4.69) is 52.9 Å². The van der Waals surface area contributed by atoms with Crippen molar-refractivity contribution in [1.29, 1.82) is 0 Å². The minimum atomic E-state index is 0.943. The van der Waals surface area contributed by atoms with Crippen molar-refractivity contribution in [3.63, 3.8) is 0 Å². The summed E-state index contributed by atoms with van der Waals surface area (Å²) in [5.74, 6) is 0.943. The molecule has 0 unspecified atom stereocenters. The maximum absolute atomic E-state index is 3.58. The molecule has 0 aliphatic carbocycles. The van der Waals surface area contributed by atoms with Gasteiger partial charge in [-0.15, -0.1) is 0 Å². The molecule has 1 heterocycles. The molecule has 1 fully saturated rings. The number of rotatable bonds is 3. The van der Waals surface area contributed by atoms with Crippen LogP contribution in [-0.2, 0) is 6.54 Å². The Morgan fingerprint density at radius 1 is 1.40 bits per heavy atom. The van der Waals surface area contributed by atoms with Crippen LogP contribution in [0.3, 0.4) is 0 Å². The summed E-state index contributed by atoms with van der Waals surface area (Å²) in [6, 6.07) is 6.67. The fourth-order valence-corrected chi connectivity index (χ4v) is 2.48. The molecule has 0 bridgehead atoms. The van der Waals surface area contributed by atoms with Gasteiger partial charge in [-0.05, 0) is 30.0 Å². The first-order valence-electron chi connectivity index (χ1n) is 5.66. The summed E-state index contributed by atoms with van der Waals surface area (Å²) in [6.45, 7) is 8.08. The van der Waals surface area contributed by atoms with E-state index < -0.39 is 0 Å². The van der Waals surface area contributed by atoms with Gasteiger partial charge in [-0.1, -0.05) is 41.4 Å². The van der Waals surface area contributed by atoms with Crippen molar-refractivity contribution in [3.8, 4) is 0 Å². The van der Waals surface area contributed by atoms with E-state index in [1.165, 1.54) is 35.1 Å². The molecular weight excluding hydrogens is 250 g/mol. The highest BCUT2D eigenvalue weighted by Gasteiger charge is 2.24. The highest BCUT2D eigenvalue weighted by atomic mass is 79.9. The van der Waals surface area contributed by atoms with E-state index in [0.29, 0.717) is 0 Å². The summed E-state index contributed by atoms with van der Waals surface area (Å²) in [4.78, 5) is 2.52. The average molecular weight is 268 g/mol. The molecule has 1 nitrogen and oxygen atoms in total. The monoisotopic (exact) mass is 267 g/mol. The maximum Gasteiger partial charge on any atom is 0.0234 e. The van der Waals surface area contributed by atoms with E-state index in [9.17, 15) is 0 Å². The Kier molecular flexibility index (Phi) is 3.47. The third kappa shape index (κ3) is 2.61. The number of hydrogen-bond donors (Lipinski definition) is 0. The van der Waals surface area contributed by atoms with Crippen LogP contribution in [0.4, 0.5) is 0 Å². The lowest BCUT2D eigenvalue weighted by atomic mass is 9.96. The van der Waals surface area contributed by atoms with Gasteiger partial charge in [0.2, 0.25) is 0 Å². The smallest absolute Gasteiger partial charge is 0.0234 e. The lowest BCUT2D eigenvalue weighted by Gasteiger charge is -2.38. The number of nitrogens with zero attached hydrogens (tertiary/aromatic N) is 1. The van der Waals surface area contributed by atoms with Crippen molar-refractivity contribution in [2.45, 2.75) is 26.8 Å². The fourth-order valence-electron chi connectivity index (χ4n) is 2.06. The second kappa shape index (κ2) is 4.67. The van der Waals surface area contributed by atoms with Gasteiger partial charge in [-0.2, -0.15) is 0 Å². The summed E-state index contributed by atoms with van der Waals surface area (Å²) >= 11 is 3.58. The molecule has 0 radical (unpaired) electrons. The van der Waals surface area contributed by atoms with Crippen molar-refractivity contribution in [3.05, 3.63) is 33.8 Å². The molecule has 0 saturated carbocycles. The molecule has 2 heteroatoms. The van der Waals surface area contributed by atoms with Gasteiger partial charge in [0.15, 0.2) is 0 Å². The number of benzene rings is 1. The molecule has 15 heavy (non-hydrogen) atoms. The van der Waals surface area contributed by atoms with E-state index >= 15 is 0 Å². The van der Waals surface area contributed by atoms with Crippen molar-refractivity contribution in [2.75, 3.05) is 13.1 Å². The predicted octanol–water partition coefficient (Wildman–Crippen LogP) is 3.60. The first-order valence-corrected chi connectivity index (χ1v) is 6.45. The largest absolute Gasteiger partial charge is 0.298 e. The minimum absolute atomic E-state index is 0.943. The number of halogens is 1. The molecule has 82 valence electrons. The van der Waals surface area contributed by atoms with Crippen LogP contribution in [0.1, 0.15) is 24.5 Å². The first-order chi connectivity index (χ1) is 7.19. The van der Waals surface area contributed by atoms with Gasteiger partial charge in [0.25, 0.3) is 0 Å². The Morgan fingerprint density at radius 2 is 2.13 bits per heavy atom. The summed E-state index contributed by atoms with van der Waals surface area (Å²) in [5.41, 5.74) is 2.73. The Bertz CT molecular complexity index is 342. The zero-order chi connectivity index (χ0) is 10.8. The molecule has 1 aromatic rings. The van der Waals surface area contributed by atoms with E-state index in [0.717, 1.165) is 12.5 Å². The summed E-state index contributed by atoms with van der Waals surface area (Å²) < 4.78 is 1.23. The Morgan fingerprint density at radius 3 is 2.73 bits per heavy atom. The minimum Gasteiger partial charge on any atom is -0.298 e. The zero-order valence-electron chi connectivity index (χ0n) is 9.46. The van der Waals surface area contributed by atoms with Gasteiger partial charge in [0.05, 0.1) is 0 Å². The van der Waals surface area contributed by atoms with E-state index in [1.54, 1.807) is 0 Å². The first kappa shape index (κ1) is 11.2. The quantitative estimate of drug-likeness (QED) is 0.809. The second-order valence-electron chi connectivity index (χ2n) is 4.55. The molecule has 1 saturated heterocycles. The SMILES string of the molecule is CCC1CN(Cc2ccc(C)c(Br)c2)C1. The Hall–Kier alpha value is -0.340. The van der Waals surface area contributed by atoms with Crippen molar-refractivity contribution in [2.24, 2.45) is 5.92 Å². The van der Waals surface area contributed by atoms with Crippen LogP contribution < -0.4 is 0 Å². The molecule has 1 aliphatic rings. The number of likely N-dealkylation sites (tertiary alicyclic amines) is 1. The van der Waals surface area contributed by atoms with Gasteiger partial charge in [-0.3, -0.25) is 4.90 Å². The number of hydrogen-bond acceptors (Lipinski definition) is 1. The van der Waals surface area contributed by atoms with Gasteiger partial charge in [0, 0.05) is 24.1 Å². The highest BCUT2D eigenvalue weighted by Crippen LogP contribution is 2.23. The Labute approximate surface area is 101 Å². The lowest BCUT2D eigenvalue weighted by Crippen LogP contribution is -2.45. The van der Waals surface area contributed by atoms with Gasteiger partial charge < -0.3 is 0 Å². The Balaban J connectivity index is 1.92. The molecular formula is C13H18BrN. The van der Waals surface area contributed by atoms with E-state index in [4.69, 9.17) is 0 Å². The van der Waals surface area contributed by atoms with Crippen molar-refractivity contribution >= 4 is 15.9 Å². The zero-order valence-corrected chi connectivity index (χ0v) is 11.0. The normalized spacial score (nSPS) is 17.8. The van der Waals surface area contributed by atoms with Crippen LogP contribution in [0.2, 0.25) is 0 Å². The molecule has 1 aromatic carbocycles. The molecule has 0 N–H and O–H groups in total. The molecule has 2 rings (SSSR count). The highest BCUT2D eigenvalue weighted by molar-refractivity contribution is 9.10. The lowest BCUT2D eigenvalue weighted by molar-refractivity contribution is 0.0899. The van der Waals surface area contributed by atoms with Crippen LogP contribution in [-0.4, -0.2) is 18.0 Å². The molecule has 0 aromatic heterocycles. The molecule has 0 amide bonds. The van der Waals surface area contributed by atoms with Crippen LogP contribution in [0.15, 0.2) is 22.7 Å². The summed E-state index contributed by atoms with van der Waals surface area (Å²) in [6.07, 6.45) is 1.33. The van der Waals surface area contributed by atoms with Crippen LogP contribution in [0.5, 0.6) is 0 Å². The van der Waals surface area contributed by atoms with Gasteiger partial charge >= 0.3 is 0 Å². The molecule has 0 spiro atoms. The second-order valence-corrected chi connectivity index (χ2v) is 5.41. The van der Waals surface area contributed by atoms with Crippen LogP contribution in [0.25, 0.3) is 0 Å². The van der Waals surface area contributed by atoms with Gasteiger partial charge in [-0.25, -0.2) is 0 Å². The third-order valence-corrected chi connectivity index (χ3v) is 4.11. The standard InChI is InChI=1S/C13H18BrN/c1-3-11-7-15(8-11)9-12-5-4-10(2)13(14)6-12/h4-6,11H,3,7-9H2,1-2H3. The van der Waals surface area contributed by atoms with Crippen molar-refractivity contribution < 1.29 is 0 Å². The van der Waals surface area contributed by atoms with Crippen molar-refractivity contribution in [1.82, 2.24) is 4.90 Å². The molecule has 0 atom stereocenters. The third-order valence-electron chi connectivity index (χ3n) is 3.25. The number of aryl methyl sites for hydroxylation is 1. The van der Waals surface area contributed by atoms with Gasteiger partial charge in [0.1, 0.15) is 0 Å². The summed E-state index contributed by atoms with van der Waals surface area (Å²) in [7, 11) is 0. The summed E-state index contributed by atoms with van der Waals surface area (Å²) in [5, 5.41) is 0. The van der Waals surface area contributed by atoms with E-state index in [-0.39, 0.29) is 0 Å². The van der Waals surface area contributed by atoms with E-state index in [1.807, 2.05) is 0 Å². The topological polar surface area (TPSA) is 3.24 Å². The predicted molar refractivity (Wildman–Crippen MR) is 67.9 cm³/mol. The van der Waals surface area contributed by atoms with Crippen LogP contribution >= 0.6 is 15.9 Å². The fraction of sp³-hybridized carbons (Fsp3) is 0.538. The molecule has 1 aliphatic heterocycles. The maximum atomic E-state index is 3.58. The van der Waals surface area contributed by atoms with Crippen LogP contribution in [0, 0.1) is 12.8 Å².